The molecule has 2 heterocycles. The van der Waals surface area contributed by atoms with Gasteiger partial charge in [-0.25, -0.2) is 4.68 Å². The topological polar surface area (TPSA) is 56.2 Å². The van der Waals surface area contributed by atoms with Crippen LogP contribution in [0.15, 0.2) is 60.8 Å². The van der Waals surface area contributed by atoms with Crippen molar-refractivity contribution in [3.05, 3.63) is 71.9 Å². The number of aryl methyl sites for hydroxylation is 1. The molecule has 0 bridgehead atoms. The molecule has 1 aliphatic heterocycles. The first-order chi connectivity index (χ1) is 12.2. The number of amides is 1. The summed E-state index contributed by atoms with van der Waals surface area (Å²) in [6, 6.07) is 17.6. The fraction of sp³-hybridized carbons (Fsp3) is 0.200. The molecule has 25 heavy (non-hydrogen) atoms. The maximum absolute atomic E-state index is 12.8. The summed E-state index contributed by atoms with van der Waals surface area (Å²) in [5, 5.41) is 7.43. The van der Waals surface area contributed by atoms with E-state index in [1.54, 1.807) is 10.9 Å². The third-order valence-electron chi connectivity index (χ3n) is 4.44. The monoisotopic (exact) mass is 333 g/mol. The second-order valence-corrected chi connectivity index (χ2v) is 6.23. The highest BCUT2D eigenvalue weighted by Crippen LogP contribution is 2.28. The molecule has 0 fully saturated rings. The Bertz CT molecular complexity index is 902. The number of hydrogen-bond acceptors (Lipinski definition) is 3. The van der Waals surface area contributed by atoms with Crippen LogP contribution in [-0.2, 0) is 11.2 Å². The molecule has 1 aliphatic rings. The molecule has 1 atom stereocenters. The van der Waals surface area contributed by atoms with Crippen LogP contribution in [0.5, 0.6) is 5.75 Å². The van der Waals surface area contributed by atoms with E-state index in [1.165, 1.54) is 0 Å². The quantitative estimate of drug-likeness (QED) is 0.799. The predicted molar refractivity (Wildman–Crippen MR) is 96.1 cm³/mol. The van der Waals surface area contributed by atoms with Gasteiger partial charge in [0.25, 0.3) is 0 Å². The Morgan fingerprint density at radius 3 is 2.76 bits per heavy atom. The van der Waals surface area contributed by atoms with Crippen LogP contribution in [0.25, 0.3) is 5.69 Å². The van der Waals surface area contributed by atoms with Crippen LogP contribution in [-0.4, -0.2) is 22.3 Å². The number of nitrogens with one attached hydrogen (secondary N) is 1. The van der Waals surface area contributed by atoms with Crippen LogP contribution in [0, 0.1) is 12.8 Å². The van der Waals surface area contributed by atoms with Crippen LogP contribution >= 0.6 is 0 Å². The molecule has 5 heteroatoms. The van der Waals surface area contributed by atoms with E-state index in [2.05, 4.69) is 10.4 Å². The van der Waals surface area contributed by atoms with Crippen molar-refractivity contribution in [3.8, 4) is 11.4 Å². The molecular weight excluding hydrogens is 314 g/mol. The summed E-state index contributed by atoms with van der Waals surface area (Å²) in [5.74, 6) is 1.32. The average Bonchev–Trinajstić information content (AvgIpc) is 3.02. The molecule has 0 unspecified atom stereocenters. The summed E-state index contributed by atoms with van der Waals surface area (Å²) in [4.78, 5) is 12.8. The largest absolute Gasteiger partial charge is 0.492 e. The molecule has 4 rings (SSSR count). The zero-order valence-electron chi connectivity index (χ0n) is 14.0. The van der Waals surface area contributed by atoms with Gasteiger partial charge in [-0.05, 0) is 37.1 Å². The number of para-hydroxylation sites is 2. The number of nitrogens with zero attached hydrogens (tertiary/aromatic N) is 2. The van der Waals surface area contributed by atoms with Gasteiger partial charge in [-0.3, -0.25) is 4.79 Å². The van der Waals surface area contributed by atoms with Crippen LogP contribution in [0.1, 0.15) is 11.1 Å². The van der Waals surface area contributed by atoms with Crippen LogP contribution in [0.2, 0.25) is 0 Å². The number of carbonyl (C=O) groups excluding carboxylic acids is 1. The van der Waals surface area contributed by atoms with Gasteiger partial charge in [-0.1, -0.05) is 36.4 Å². The van der Waals surface area contributed by atoms with Crippen LogP contribution in [0.3, 0.4) is 0 Å². The van der Waals surface area contributed by atoms with Gasteiger partial charge in [-0.15, -0.1) is 0 Å². The Morgan fingerprint density at radius 1 is 1.16 bits per heavy atom. The smallest absolute Gasteiger partial charge is 0.232 e. The number of ether oxygens (including phenoxy) is 1. The molecule has 1 aromatic heterocycles. The molecule has 2 aromatic carbocycles. The van der Waals surface area contributed by atoms with Gasteiger partial charge < -0.3 is 10.1 Å². The summed E-state index contributed by atoms with van der Waals surface area (Å²) >= 11 is 0. The first-order valence-corrected chi connectivity index (χ1v) is 8.34. The summed E-state index contributed by atoms with van der Waals surface area (Å²) < 4.78 is 7.49. The Kier molecular flexibility index (Phi) is 3.98. The van der Waals surface area contributed by atoms with Gasteiger partial charge in [0, 0.05) is 5.56 Å². The third-order valence-corrected chi connectivity index (χ3v) is 4.44. The van der Waals surface area contributed by atoms with E-state index in [9.17, 15) is 4.79 Å². The van der Waals surface area contributed by atoms with Crippen molar-refractivity contribution in [2.45, 2.75) is 13.3 Å². The molecule has 1 N–H and O–H groups in total. The molecule has 0 saturated carbocycles. The lowest BCUT2D eigenvalue weighted by Crippen LogP contribution is -2.33. The normalized spacial score (nSPS) is 16.0. The second kappa shape index (κ2) is 6.43. The average molecular weight is 333 g/mol. The highest BCUT2D eigenvalue weighted by molar-refractivity contribution is 5.93. The number of benzene rings is 2. The maximum atomic E-state index is 12.8. The lowest BCUT2D eigenvalue weighted by Gasteiger charge is -2.24. The Hall–Kier alpha value is -3.08. The van der Waals surface area contributed by atoms with E-state index in [1.807, 2.05) is 61.5 Å². The van der Waals surface area contributed by atoms with E-state index in [-0.39, 0.29) is 11.8 Å². The lowest BCUT2D eigenvalue weighted by atomic mass is 9.96. The number of carbonyl (C=O) groups is 1. The minimum atomic E-state index is -0.214. The number of anilines is 1. The maximum Gasteiger partial charge on any atom is 0.232 e. The van der Waals surface area contributed by atoms with E-state index in [4.69, 9.17) is 4.74 Å². The molecule has 126 valence electrons. The number of aromatic nitrogens is 2. The molecule has 0 spiro atoms. The second-order valence-electron chi connectivity index (χ2n) is 6.23. The van der Waals surface area contributed by atoms with E-state index in [0.717, 1.165) is 22.6 Å². The minimum absolute atomic E-state index is 0.0460. The molecule has 3 aromatic rings. The van der Waals surface area contributed by atoms with Crippen LogP contribution < -0.4 is 10.1 Å². The lowest BCUT2D eigenvalue weighted by molar-refractivity contribution is -0.121. The van der Waals surface area contributed by atoms with Crippen molar-refractivity contribution >= 4 is 11.7 Å². The van der Waals surface area contributed by atoms with Gasteiger partial charge >= 0.3 is 0 Å². The van der Waals surface area contributed by atoms with E-state index in [0.29, 0.717) is 18.8 Å². The fourth-order valence-corrected chi connectivity index (χ4v) is 3.06. The van der Waals surface area contributed by atoms with E-state index >= 15 is 0 Å². The van der Waals surface area contributed by atoms with Crippen molar-refractivity contribution in [1.29, 1.82) is 0 Å². The zero-order valence-corrected chi connectivity index (χ0v) is 14.0. The van der Waals surface area contributed by atoms with Gasteiger partial charge in [0.15, 0.2) is 0 Å². The van der Waals surface area contributed by atoms with Crippen molar-refractivity contribution in [1.82, 2.24) is 9.78 Å². The molecule has 5 nitrogen and oxygen atoms in total. The van der Waals surface area contributed by atoms with Gasteiger partial charge in [-0.2, -0.15) is 5.10 Å². The van der Waals surface area contributed by atoms with Gasteiger partial charge in [0.2, 0.25) is 5.91 Å². The summed E-state index contributed by atoms with van der Waals surface area (Å²) in [6.07, 6.45) is 2.44. The summed E-state index contributed by atoms with van der Waals surface area (Å²) in [5.41, 5.74) is 2.91. The molecule has 0 aliphatic carbocycles. The standard InChI is InChI=1S/C20H19N3O2/c1-14-12-21-23(17-8-3-2-4-9-17)19(14)22-20(24)16-11-15-7-5-6-10-18(15)25-13-16/h2-10,12,16H,11,13H2,1H3,(H,22,24)/t16-/m0/s1. The van der Waals surface area contributed by atoms with Crippen molar-refractivity contribution in [2.75, 3.05) is 11.9 Å². The Morgan fingerprint density at radius 2 is 1.92 bits per heavy atom. The molecule has 0 radical (unpaired) electrons. The zero-order chi connectivity index (χ0) is 17.2. The SMILES string of the molecule is Cc1cnn(-c2ccccc2)c1NC(=O)[C@@H]1COc2ccccc2C1. The number of fused-ring (bicyclic) bond motifs is 1. The molecule has 0 saturated heterocycles. The van der Waals surface area contributed by atoms with Crippen LogP contribution in [0.4, 0.5) is 5.82 Å². The number of hydrogen-bond donors (Lipinski definition) is 1. The van der Waals surface area contributed by atoms with Gasteiger partial charge in [0.1, 0.15) is 18.2 Å². The molecule has 1 amide bonds. The minimum Gasteiger partial charge on any atom is -0.492 e. The molecular formula is C20H19N3O2. The Balaban J connectivity index is 1.55. The first kappa shape index (κ1) is 15.4. The summed E-state index contributed by atoms with van der Waals surface area (Å²) in [7, 11) is 0. The Labute approximate surface area is 146 Å². The van der Waals surface area contributed by atoms with E-state index < -0.39 is 0 Å². The summed E-state index contributed by atoms with van der Waals surface area (Å²) in [6.45, 7) is 2.33. The highest BCUT2D eigenvalue weighted by atomic mass is 16.5. The van der Waals surface area contributed by atoms with Crippen molar-refractivity contribution < 1.29 is 9.53 Å². The highest BCUT2D eigenvalue weighted by Gasteiger charge is 2.27. The van der Waals surface area contributed by atoms with Gasteiger partial charge in [0.05, 0.1) is 17.8 Å². The predicted octanol–water partition coefficient (Wildman–Crippen LogP) is 3.37. The third kappa shape index (κ3) is 3.01. The fourth-order valence-electron chi connectivity index (χ4n) is 3.06. The van der Waals surface area contributed by atoms with Crippen molar-refractivity contribution in [2.24, 2.45) is 5.92 Å². The first-order valence-electron chi connectivity index (χ1n) is 8.34. The van der Waals surface area contributed by atoms with Crippen molar-refractivity contribution in [3.63, 3.8) is 0 Å². The number of rotatable bonds is 3.